The van der Waals surface area contributed by atoms with Gasteiger partial charge in [-0.05, 0) is 30.3 Å². The second kappa shape index (κ2) is 7.28. The fraction of sp³-hybridized carbons (Fsp3) is 0.278. The lowest BCUT2D eigenvalue weighted by Gasteiger charge is -2.19. The summed E-state index contributed by atoms with van der Waals surface area (Å²) < 4.78 is 26.1. The van der Waals surface area contributed by atoms with Crippen molar-refractivity contribution in [2.75, 3.05) is 11.9 Å². The Morgan fingerprint density at radius 2 is 1.79 bits per heavy atom. The van der Waals surface area contributed by atoms with Gasteiger partial charge in [0.05, 0.1) is 16.8 Å². The van der Waals surface area contributed by atoms with Crippen molar-refractivity contribution in [1.82, 2.24) is 0 Å². The molecule has 1 fully saturated rings. The molecule has 6 heteroatoms. The normalized spacial score (nSPS) is 15.1. The summed E-state index contributed by atoms with van der Waals surface area (Å²) in [6.07, 6.45) is 2.17. The Hall–Kier alpha value is -1.98. The number of amides is 1. The third kappa shape index (κ3) is 4.52. The Morgan fingerprint density at radius 1 is 1.12 bits per heavy atom. The zero-order valence-corrected chi connectivity index (χ0v) is 13.7. The predicted molar refractivity (Wildman–Crippen MR) is 89.0 cm³/mol. The molecule has 2 N–H and O–H groups in total. The number of rotatable bonds is 6. The predicted octanol–water partition coefficient (Wildman–Crippen LogP) is 2.80. The molecule has 1 amide bonds. The van der Waals surface area contributed by atoms with E-state index in [1.165, 1.54) is 30.3 Å². The smallest absolute Gasteiger partial charge is 0.279 e. The molecule has 1 saturated carbocycles. The highest BCUT2D eigenvalue weighted by molar-refractivity contribution is 6.33. The van der Waals surface area contributed by atoms with Gasteiger partial charge in [0.1, 0.15) is 18.2 Å². The molecule has 1 unspecified atom stereocenters. The van der Waals surface area contributed by atoms with Crippen LogP contribution < -0.4 is 10.2 Å². The monoisotopic (exact) mass is 351 g/mol. The first kappa shape index (κ1) is 16.9. The molecular weight excluding hydrogens is 334 g/mol. The minimum Gasteiger partial charge on any atom is -0.321 e. The van der Waals surface area contributed by atoms with Crippen molar-refractivity contribution in [2.24, 2.45) is 0 Å². The molecule has 0 aromatic heterocycles. The molecule has 2 aromatic carbocycles. The van der Waals surface area contributed by atoms with Crippen molar-refractivity contribution in [2.45, 2.75) is 25.4 Å². The van der Waals surface area contributed by atoms with Crippen LogP contribution in [0.3, 0.4) is 0 Å². The number of halogens is 3. The van der Waals surface area contributed by atoms with Gasteiger partial charge in [0.25, 0.3) is 5.91 Å². The molecule has 3 nitrogen and oxygen atoms in total. The molecule has 0 saturated heterocycles. The third-order valence-corrected chi connectivity index (χ3v) is 4.40. The lowest BCUT2D eigenvalue weighted by atomic mass is 10.2. The average molecular weight is 352 g/mol. The fourth-order valence-corrected chi connectivity index (χ4v) is 2.91. The van der Waals surface area contributed by atoms with Gasteiger partial charge in [-0.25, -0.2) is 8.78 Å². The second-order valence-electron chi connectivity index (χ2n) is 6.08. The van der Waals surface area contributed by atoms with Gasteiger partial charge in [0.2, 0.25) is 0 Å². The molecule has 0 radical (unpaired) electrons. The van der Waals surface area contributed by atoms with Crippen molar-refractivity contribution >= 4 is 23.2 Å². The summed E-state index contributed by atoms with van der Waals surface area (Å²) in [6, 6.07) is 10.7. The zero-order chi connectivity index (χ0) is 17.1. The van der Waals surface area contributed by atoms with E-state index in [1.807, 2.05) is 0 Å². The van der Waals surface area contributed by atoms with E-state index in [4.69, 9.17) is 11.6 Å². The van der Waals surface area contributed by atoms with Gasteiger partial charge in [-0.1, -0.05) is 23.7 Å². The molecule has 2 aromatic rings. The SMILES string of the molecule is O=C(C[NH+](Cc1ccc(F)cc1)C1CC1)Nc1ccc(F)cc1Cl. The van der Waals surface area contributed by atoms with Crippen LogP contribution in [0.1, 0.15) is 18.4 Å². The summed E-state index contributed by atoms with van der Waals surface area (Å²) in [5.41, 5.74) is 1.39. The van der Waals surface area contributed by atoms with Crippen LogP contribution >= 0.6 is 11.6 Å². The molecule has 126 valence electrons. The largest absolute Gasteiger partial charge is 0.321 e. The minimum absolute atomic E-state index is 0.174. The van der Waals surface area contributed by atoms with Gasteiger partial charge >= 0.3 is 0 Å². The van der Waals surface area contributed by atoms with Gasteiger partial charge in [-0.2, -0.15) is 0 Å². The number of hydrogen-bond donors (Lipinski definition) is 2. The Balaban J connectivity index is 1.62. The highest BCUT2D eigenvalue weighted by atomic mass is 35.5. The van der Waals surface area contributed by atoms with Gasteiger partial charge in [-0.15, -0.1) is 0 Å². The second-order valence-corrected chi connectivity index (χ2v) is 6.49. The molecule has 0 aliphatic heterocycles. The van der Waals surface area contributed by atoms with Crippen LogP contribution in [0.15, 0.2) is 42.5 Å². The van der Waals surface area contributed by atoms with Crippen molar-refractivity contribution < 1.29 is 18.5 Å². The van der Waals surface area contributed by atoms with Crippen molar-refractivity contribution in [3.8, 4) is 0 Å². The summed E-state index contributed by atoms with van der Waals surface area (Å²) in [4.78, 5) is 13.4. The van der Waals surface area contributed by atoms with Gasteiger partial charge in [0, 0.05) is 18.4 Å². The van der Waals surface area contributed by atoms with Crippen LogP contribution in [-0.2, 0) is 11.3 Å². The number of benzene rings is 2. The number of quaternary nitrogens is 1. The van der Waals surface area contributed by atoms with E-state index in [1.54, 1.807) is 12.1 Å². The lowest BCUT2D eigenvalue weighted by molar-refractivity contribution is -0.916. The topological polar surface area (TPSA) is 33.5 Å². The third-order valence-electron chi connectivity index (χ3n) is 4.09. The minimum atomic E-state index is -0.445. The summed E-state index contributed by atoms with van der Waals surface area (Å²) in [6.45, 7) is 0.950. The number of carbonyl (C=O) groups excluding carboxylic acids is 1. The number of nitrogens with one attached hydrogen (secondary N) is 2. The molecule has 3 rings (SSSR count). The quantitative estimate of drug-likeness (QED) is 0.824. The molecule has 1 aliphatic rings. The van der Waals surface area contributed by atoms with E-state index < -0.39 is 5.82 Å². The highest BCUT2D eigenvalue weighted by Gasteiger charge is 2.34. The molecule has 0 bridgehead atoms. The standard InChI is InChI=1S/C18H17ClF2N2O/c19-16-9-14(21)5-8-17(16)22-18(24)11-23(15-6-7-15)10-12-1-3-13(20)4-2-12/h1-5,8-9,15H,6-7,10-11H2,(H,22,24)/p+1. The summed E-state index contributed by atoms with van der Waals surface area (Å²) in [5, 5.41) is 2.90. The average Bonchev–Trinajstić information content (AvgIpc) is 3.36. The molecule has 0 heterocycles. The van der Waals surface area contributed by atoms with Gasteiger partial charge in [-0.3, -0.25) is 4.79 Å². The maximum absolute atomic E-state index is 13.1. The summed E-state index contributed by atoms with van der Waals surface area (Å²) in [5.74, 6) is -0.887. The van der Waals surface area contributed by atoms with Crippen molar-refractivity contribution in [3.05, 3.63) is 64.7 Å². The van der Waals surface area contributed by atoms with Crippen LogP contribution in [0.4, 0.5) is 14.5 Å². The maximum atomic E-state index is 13.1. The van der Waals surface area contributed by atoms with Crippen LogP contribution in [0.2, 0.25) is 5.02 Å². The van der Waals surface area contributed by atoms with E-state index in [0.29, 0.717) is 18.3 Å². The van der Waals surface area contributed by atoms with E-state index >= 15 is 0 Å². The van der Waals surface area contributed by atoms with Crippen LogP contribution in [0.5, 0.6) is 0 Å². The van der Waals surface area contributed by atoms with E-state index in [0.717, 1.165) is 23.3 Å². The van der Waals surface area contributed by atoms with Gasteiger partial charge < -0.3 is 10.2 Å². The lowest BCUT2D eigenvalue weighted by Crippen LogP contribution is -3.13. The Kier molecular flexibility index (Phi) is 5.11. The highest BCUT2D eigenvalue weighted by Crippen LogP contribution is 2.22. The fourth-order valence-electron chi connectivity index (χ4n) is 2.70. The first-order valence-corrected chi connectivity index (χ1v) is 8.23. The number of hydrogen-bond acceptors (Lipinski definition) is 1. The van der Waals surface area contributed by atoms with Crippen LogP contribution in [0.25, 0.3) is 0 Å². The van der Waals surface area contributed by atoms with Gasteiger partial charge in [0.15, 0.2) is 6.54 Å². The zero-order valence-electron chi connectivity index (χ0n) is 13.0. The summed E-state index contributed by atoms with van der Waals surface area (Å²) >= 11 is 5.93. The molecule has 1 atom stereocenters. The molecule has 1 aliphatic carbocycles. The van der Waals surface area contributed by atoms with Crippen LogP contribution in [-0.4, -0.2) is 18.5 Å². The maximum Gasteiger partial charge on any atom is 0.279 e. The molecular formula is C18H18ClF2N2O+. The van der Waals surface area contributed by atoms with E-state index in [9.17, 15) is 13.6 Å². The first-order chi connectivity index (χ1) is 11.5. The molecule has 24 heavy (non-hydrogen) atoms. The number of anilines is 1. The molecule has 0 spiro atoms. The van der Waals surface area contributed by atoms with Crippen LogP contribution in [0, 0.1) is 11.6 Å². The Morgan fingerprint density at radius 3 is 2.42 bits per heavy atom. The number of carbonyl (C=O) groups is 1. The van der Waals surface area contributed by atoms with E-state index in [2.05, 4.69) is 5.32 Å². The Labute approximate surface area is 144 Å². The van der Waals surface area contributed by atoms with E-state index in [-0.39, 0.29) is 23.3 Å². The summed E-state index contributed by atoms with van der Waals surface area (Å²) in [7, 11) is 0. The van der Waals surface area contributed by atoms with Crippen molar-refractivity contribution in [3.63, 3.8) is 0 Å². The Bertz CT molecular complexity index is 732. The van der Waals surface area contributed by atoms with Crippen molar-refractivity contribution in [1.29, 1.82) is 0 Å². The first-order valence-electron chi connectivity index (χ1n) is 7.85.